The average Bonchev–Trinajstić information content (AvgIpc) is 2.91. The van der Waals surface area contributed by atoms with E-state index >= 15 is 0 Å². The smallest absolute Gasteiger partial charge is 0.191 e. The molecule has 3 fully saturated rings. The molecule has 6 heteroatoms. The fourth-order valence-electron chi connectivity index (χ4n) is 2.95. The van der Waals surface area contributed by atoms with Crippen LogP contribution in [0.2, 0.25) is 0 Å². The molecular formula is C14H22O6. The van der Waals surface area contributed by atoms with Gasteiger partial charge in [0.2, 0.25) is 0 Å². The summed E-state index contributed by atoms with van der Waals surface area (Å²) in [5.41, 5.74) is 0. The molecule has 0 aromatic carbocycles. The van der Waals surface area contributed by atoms with E-state index in [1.54, 1.807) is 0 Å². The zero-order valence-electron chi connectivity index (χ0n) is 12.3. The molecule has 0 aromatic heterocycles. The lowest BCUT2D eigenvalue weighted by Crippen LogP contribution is -2.43. The highest BCUT2D eigenvalue weighted by molar-refractivity contribution is 4.99. The second-order valence-electron chi connectivity index (χ2n) is 6.20. The van der Waals surface area contributed by atoms with Gasteiger partial charge in [0.1, 0.15) is 12.2 Å². The van der Waals surface area contributed by atoms with E-state index in [2.05, 4.69) is 6.58 Å². The number of ether oxygens (including phenoxy) is 6. The monoisotopic (exact) mass is 286 g/mol. The maximum absolute atomic E-state index is 5.94. The van der Waals surface area contributed by atoms with Gasteiger partial charge < -0.3 is 28.4 Å². The molecule has 3 rings (SSSR count). The molecule has 0 radical (unpaired) electrons. The fraction of sp³-hybridized carbons (Fsp3) is 0.857. The van der Waals surface area contributed by atoms with Crippen LogP contribution in [0.4, 0.5) is 0 Å². The third kappa shape index (κ3) is 2.46. The van der Waals surface area contributed by atoms with E-state index in [4.69, 9.17) is 28.4 Å². The Hall–Kier alpha value is -0.660. The van der Waals surface area contributed by atoms with Gasteiger partial charge in [0.15, 0.2) is 30.1 Å². The van der Waals surface area contributed by atoms with Crippen molar-refractivity contribution in [2.75, 3.05) is 6.61 Å². The first-order valence-electron chi connectivity index (χ1n) is 6.90. The van der Waals surface area contributed by atoms with Crippen LogP contribution in [0.5, 0.6) is 0 Å². The van der Waals surface area contributed by atoms with Crippen LogP contribution in [-0.4, -0.2) is 48.9 Å². The van der Waals surface area contributed by atoms with Crippen molar-refractivity contribution in [3.63, 3.8) is 0 Å². The van der Waals surface area contributed by atoms with E-state index in [0.29, 0.717) is 6.61 Å². The molecule has 0 aliphatic carbocycles. The van der Waals surface area contributed by atoms with Crippen molar-refractivity contribution < 1.29 is 28.4 Å². The highest BCUT2D eigenvalue weighted by atomic mass is 16.8. The molecule has 5 atom stereocenters. The van der Waals surface area contributed by atoms with Crippen LogP contribution in [-0.2, 0) is 28.4 Å². The fourth-order valence-corrected chi connectivity index (χ4v) is 2.95. The van der Waals surface area contributed by atoms with Crippen molar-refractivity contribution in [3.8, 4) is 0 Å². The second kappa shape index (κ2) is 4.68. The van der Waals surface area contributed by atoms with Gasteiger partial charge in [-0.05, 0) is 27.7 Å². The lowest BCUT2D eigenvalue weighted by atomic mass is 10.1. The van der Waals surface area contributed by atoms with Crippen LogP contribution < -0.4 is 0 Å². The van der Waals surface area contributed by atoms with E-state index in [0.717, 1.165) is 0 Å². The van der Waals surface area contributed by atoms with Crippen molar-refractivity contribution in [1.29, 1.82) is 0 Å². The number of fused-ring (bicyclic) bond motifs is 1. The molecule has 114 valence electrons. The minimum absolute atomic E-state index is 0.212. The topological polar surface area (TPSA) is 55.4 Å². The van der Waals surface area contributed by atoms with Gasteiger partial charge in [0, 0.05) is 0 Å². The van der Waals surface area contributed by atoms with Crippen molar-refractivity contribution in [2.24, 2.45) is 0 Å². The summed E-state index contributed by atoms with van der Waals surface area (Å²) in [6, 6.07) is 0. The molecule has 0 spiro atoms. The van der Waals surface area contributed by atoms with E-state index in [-0.39, 0.29) is 24.4 Å². The van der Waals surface area contributed by atoms with Crippen molar-refractivity contribution in [3.05, 3.63) is 12.8 Å². The Morgan fingerprint density at radius 1 is 1.05 bits per heavy atom. The number of hydrogen-bond donors (Lipinski definition) is 0. The summed E-state index contributed by atoms with van der Waals surface area (Å²) in [4.78, 5) is 0. The lowest BCUT2D eigenvalue weighted by molar-refractivity contribution is -0.232. The van der Waals surface area contributed by atoms with Gasteiger partial charge >= 0.3 is 0 Å². The molecule has 3 heterocycles. The zero-order valence-corrected chi connectivity index (χ0v) is 12.3. The van der Waals surface area contributed by atoms with Gasteiger partial charge in [-0.25, -0.2) is 0 Å². The second-order valence-corrected chi connectivity index (χ2v) is 6.20. The molecule has 3 aliphatic rings. The molecule has 3 saturated heterocycles. The molecule has 20 heavy (non-hydrogen) atoms. The van der Waals surface area contributed by atoms with Gasteiger partial charge in [-0.3, -0.25) is 0 Å². The Bertz CT molecular complexity index is 393. The summed E-state index contributed by atoms with van der Waals surface area (Å²) in [5.74, 6) is -1.28. The largest absolute Gasteiger partial charge is 0.493 e. The summed E-state index contributed by atoms with van der Waals surface area (Å²) in [6.45, 7) is 11.5. The SMILES string of the molecule is C=CO[C@@H]1[C@H]2OC(C)(C)O[C@H]2O[C@@H]1[C@H]1COC(C)(C)O1. The Labute approximate surface area is 118 Å². The maximum Gasteiger partial charge on any atom is 0.191 e. The molecule has 3 aliphatic heterocycles. The van der Waals surface area contributed by atoms with Gasteiger partial charge in [-0.2, -0.15) is 0 Å². The Kier molecular flexibility index (Phi) is 3.34. The van der Waals surface area contributed by atoms with Crippen molar-refractivity contribution in [1.82, 2.24) is 0 Å². The molecule has 0 N–H and O–H groups in total. The predicted octanol–water partition coefficient (Wildman–Crippen LogP) is 1.54. The summed E-state index contributed by atoms with van der Waals surface area (Å²) in [5, 5.41) is 0. The van der Waals surface area contributed by atoms with Crippen molar-refractivity contribution in [2.45, 2.75) is 70.0 Å². The third-order valence-corrected chi connectivity index (χ3v) is 3.68. The first kappa shape index (κ1) is 14.3. The van der Waals surface area contributed by atoms with Crippen LogP contribution >= 0.6 is 0 Å². The van der Waals surface area contributed by atoms with E-state index in [9.17, 15) is 0 Å². The highest BCUT2D eigenvalue weighted by Crippen LogP contribution is 2.41. The third-order valence-electron chi connectivity index (χ3n) is 3.68. The van der Waals surface area contributed by atoms with Crippen LogP contribution in [0.3, 0.4) is 0 Å². The van der Waals surface area contributed by atoms with E-state index < -0.39 is 17.9 Å². The molecular weight excluding hydrogens is 264 g/mol. The van der Waals surface area contributed by atoms with Gasteiger partial charge in [-0.15, -0.1) is 0 Å². The summed E-state index contributed by atoms with van der Waals surface area (Å²) >= 11 is 0. The highest BCUT2D eigenvalue weighted by Gasteiger charge is 2.59. The van der Waals surface area contributed by atoms with Crippen LogP contribution in [0.15, 0.2) is 12.8 Å². The van der Waals surface area contributed by atoms with Crippen LogP contribution in [0.1, 0.15) is 27.7 Å². The minimum Gasteiger partial charge on any atom is -0.493 e. The van der Waals surface area contributed by atoms with Crippen LogP contribution in [0.25, 0.3) is 0 Å². The van der Waals surface area contributed by atoms with Gasteiger partial charge in [0.05, 0.1) is 12.9 Å². The summed E-state index contributed by atoms with van der Waals surface area (Å²) < 4.78 is 34.6. The quantitative estimate of drug-likeness (QED) is 0.734. The van der Waals surface area contributed by atoms with Crippen LogP contribution in [0, 0.1) is 0 Å². The minimum atomic E-state index is -0.671. The standard InChI is InChI=1S/C14H22O6/c1-6-15-10-9(8-7-16-13(2,3)18-8)17-12-11(10)19-14(4,5)20-12/h6,8-12H,1,7H2,2-5H3/t8-,9-,10+,11-,12-/m1/s1. The summed E-state index contributed by atoms with van der Waals surface area (Å²) in [6.07, 6.45) is -0.176. The molecule has 0 bridgehead atoms. The molecule has 0 amide bonds. The number of hydrogen-bond acceptors (Lipinski definition) is 6. The van der Waals surface area contributed by atoms with E-state index in [1.165, 1.54) is 6.26 Å². The molecule has 0 aromatic rings. The first-order valence-corrected chi connectivity index (χ1v) is 6.90. The molecule has 0 saturated carbocycles. The molecule has 0 unspecified atom stereocenters. The van der Waals surface area contributed by atoms with E-state index in [1.807, 2.05) is 27.7 Å². The number of rotatable bonds is 3. The molecule has 6 nitrogen and oxygen atoms in total. The Morgan fingerprint density at radius 3 is 2.40 bits per heavy atom. The summed E-state index contributed by atoms with van der Waals surface area (Å²) in [7, 11) is 0. The Morgan fingerprint density at radius 2 is 1.80 bits per heavy atom. The first-order chi connectivity index (χ1) is 9.31. The Balaban J connectivity index is 1.75. The van der Waals surface area contributed by atoms with Gasteiger partial charge in [0.25, 0.3) is 0 Å². The zero-order chi connectivity index (χ0) is 14.5. The average molecular weight is 286 g/mol. The van der Waals surface area contributed by atoms with Gasteiger partial charge in [-0.1, -0.05) is 6.58 Å². The predicted molar refractivity (Wildman–Crippen MR) is 68.7 cm³/mol. The van der Waals surface area contributed by atoms with Crippen molar-refractivity contribution >= 4 is 0 Å². The normalized spacial score (nSPS) is 45.3. The maximum atomic E-state index is 5.94. The lowest BCUT2D eigenvalue weighted by Gasteiger charge is -2.28.